The average molecular weight is 1560 g/mol. The molecular formula is C89H126N12O12. The number of carbonyl (C=O) groups excluding carboxylic acids is 8. The van der Waals surface area contributed by atoms with Crippen molar-refractivity contribution in [2.75, 3.05) is 78.5 Å². The van der Waals surface area contributed by atoms with Crippen molar-refractivity contribution in [2.45, 2.75) is 240 Å². The van der Waals surface area contributed by atoms with Crippen molar-refractivity contribution in [1.82, 2.24) is 40.9 Å². The topological polar surface area (TPSA) is 330 Å². The SMILES string of the molecule is CC(C)(C)OC(=O)NCC(=O)N1CCC(C#N)(CCc2ccccc2)CC1.CC(C)(C)OC(=O)NCCC(=O)N1CCC(C#N)(Cc2ccccc2)CC1.CC(C)(C)OC(=O)NCCCCC(=O)N1CCC(C#N)(CCc2ccccc2)CC1.CC(C)(C)OC(=O)NCCCCC(=O)N1CCC(C#N)(Cc2ccccc2)CC1. The molecule has 24 heteroatoms. The molecule has 0 saturated carbocycles. The Morgan fingerprint density at radius 1 is 0.327 bits per heavy atom. The van der Waals surface area contributed by atoms with E-state index in [0.717, 1.165) is 76.2 Å². The van der Waals surface area contributed by atoms with Crippen molar-refractivity contribution in [1.29, 1.82) is 21.0 Å². The highest BCUT2D eigenvalue weighted by Gasteiger charge is 2.40. The molecule has 4 aliphatic heterocycles. The third-order valence-electron chi connectivity index (χ3n) is 20.2. The number of rotatable bonds is 25. The van der Waals surface area contributed by atoms with Crippen molar-refractivity contribution in [3.8, 4) is 24.3 Å². The van der Waals surface area contributed by atoms with Crippen molar-refractivity contribution < 1.29 is 57.3 Å². The Morgan fingerprint density at radius 3 is 0.858 bits per heavy atom. The van der Waals surface area contributed by atoms with Gasteiger partial charge in [0.1, 0.15) is 28.9 Å². The lowest BCUT2D eigenvalue weighted by atomic mass is 9.75. The number of benzene rings is 4. The van der Waals surface area contributed by atoms with Crippen LogP contribution >= 0.6 is 0 Å². The Balaban J connectivity index is 0.000000269. The molecule has 4 fully saturated rings. The first-order chi connectivity index (χ1) is 53.4. The zero-order valence-corrected chi connectivity index (χ0v) is 69.4. The van der Waals surface area contributed by atoms with Crippen LogP contribution in [-0.2, 0) is 63.8 Å². The molecule has 113 heavy (non-hydrogen) atoms. The Kier molecular flexibility index (Phi) is 37.6. The minimum absolute atomic E-state index is 0.00249. The minimum atomic E-state index is -0.595. The van der Waals surface area contributed by atoms with Crippen LogP contribution in [0.25, 0.3) is 0 Å². The number of amides is 8. The molecule has 0 radical (unpaired) electrons. The van der Waals surface area contributed by atoms with Gasteiger partial charge in [-0.25, -0.2) is 19.2 Å². The van der Waals surface area contributed by atoms with Gasteiger partial charge in [0, 0.05) is 91.3 Å². The maximum Gasteiger partial charge on any atom is 0.408 e. The molecule has 0 bridgehead atoms. The summed E-state index contributed by atoms with van der Waals surface area (Å²) in [5.74, 6) is 0.128. The normalized spacial score (nSPS) is 16.1. The van der Waals surface area contributed by atoms with Crippen LogP contribution in [0.3, 0.4) is 0 Å². The molecule has 4 aromatic carbocycles. The van der Waals surface area contributed by atoms with Crippen molar-refractivity contribution >= 4 is 48.0 Å². The lowest BCUT2D eigenvalue weighted by Gasteiger charge is -2.37. The number of alkyl carbamates (subject to hydrolysis) is 4. The quantitative estimate of drug-likeness (QED) is 0.0354. The predicted molar refractivity (Wildman–Crippen MR) is 435 cm³/mol. The van der Waals surface area contributed by atoms with Gasteiger partial charge in [-0.05, 0) is 221 Å². The van der Waals surface area contributed by atoms with Crippen LogP contribution in [0.5, 0.6) is 0 Å². The molecule has 4 heterocycles. The van der Waals surface area contributed by atoms with Crippen LogP contribution in [0, 0.1) is 67.0 Å². The molecule has 0 spiro atoms. The second-order valence-corrected chi connectivity index (χ2v) is 34.2. The van der Waals surface area contributed by atoms with Gasteiger partial charge in [0.2, 0.25) is 23.6 Å². The standard InChI is InChI=1S/C24H35N3O3.C23H33N3O3.2C21H29N3O3/c1-23(2,3)30-22(29)26-16-8-7-11-21(28)27-17-14-24(19-25,15-18-27)13-12-20-9-5-4-6-10-20;1-22(2,3)29-21(28)25-14-8-7-11-20(27)26-15-12-23(18-24,13-16-26)17-19-9-5-4-6-10-19;1-20(2,3)27-19(26)23-12-9-18(25)24-13-10-21(16-22,11-14-24)15-17-7-5-4-6-8-17;1-20(2,3)27-19(26)23-15-18(25)24-13-11-21(16-22,12-14-24)10-9-17-7-5-4-6-8-17/h4-6,9-10H,7-8,11-18H2,1-3H3,(H,26,29);4-6,9-10H,7-8,11-17H2,1-3H3,(H,25,28);2*4-8H,9-15H2,1-3H3,(H,23,26). The number of likely N-dealkylation sites (tertiary alicyclic amines) is 4. The van der Waals surface area contributed by atoms with E-state index >= 15 is 0 Å². The Hall–Kier alpha value is -10.2. The summed E-state index contributed by atoms with van der Waals surface area (Å²) < 4.78 is 20.7. The third kappa shape index (κ3) is 36.4. The van der Waals surface area contributed by atoms with Gasteiger partial charge in [-0.15, -0.1) is 0 Å². The van der Waals surface area contributed by atoms with Gasteiger partial charge in [-0.2, -0.15) is 21.0 Å². The first-order valence-electron chi connectivity index (χ1n) is 40.2. The second-order valence-electron chi connectivity index (χ2n) is 34.2. The van der Waals surface area contributed by atoms with Crippen LogP contribution in [0.4, 0.5) is 19.2 Å². The van der Waals surface area contributed by atoms with E-state index in [2.05, 4.69) is 81.9 Å². The molecule has 8 amide bonds. The maximum atomic E-state index is 12.5. The third-order valence-corrected chi connectivity index (χ3v) is 20.2. The number of hydrogen-bond donors (Lipinski definition) is 4. The number of ether oxygens (including phenoxy) is 4. The summed E-state index contributed by atoms with van der Waals surface area (Å²) in [5.41, 5.74) is 1.15. The first kappa shape index (κ1) is 93.4. The average Bonchev–Trinajstić information content (AvgIpc) is 0.839. The molecule has 4 aliphatic rings. The highest BCUT2D eigenvalue weighted by molar-refractivity contribution is 5.82. The van der Waals surface area contributed by atoms with Crippen LogP contribution in [-0.4, -0.2) is 169 Å². The number of aryl methyl sites for hydroxylation is 2. The summed E-state index contributed by atoms with van der Waals surface area (Å²) in [4.78, 5) is 103. The summed E-state index contributed by atoms with van der Waals surface area (Å²) in [6.07, 6.45) is 12.5. The lowest BCUT2D eigenvalue weighted by molar-refractivity contribution is -0.134. The van der Waals surface area contributed by atoms with Crippen LogP contribution in [0.2, 0.25) is 0 Å². The van der Waals surface area contributed by atoms with E-state index in [1.807, 2.05) is 136 Å². The molecule has 4 saturated heterocycles. The Labute approximate surface area is 672 Å². The largest absolute Gasteiger partial charge is 0.444 e. The minimum Gasteiger partial charge on any atom is -0.444 e. The van der Waals surface area contributed by atoms with Gasteiger partial charge >= 0.3 is 24.4 Å². The van der Waals surface area contributed by atoms with E-state index in [9.17, 15) is 59.4 Å². The molecule has 4 aromatic rings. The molecular weight excluding hydrogens is 1430 g/mol. The number of piperidine rings is 4. The van der Waals surface area contributed by atoms with Gasteiger partial charge in [-0.1, -0.05) is 121 Å². The van der Waals surface area contributed by atoms with Gasteiger partial charge in [0.05, 0.1) is 45.9 Å². The zero-order chi connectivity index (χ0) is 83.2. The molecule has 8 rings (SSSR count). The van der Waals surface area contributed by atoms with Crippen molar-refractivity contribution in [3.63, 3.8) is 0 Å². The van der Waals surface area contributed by atoms with Crippen LogP contribution in [0.1, 0.15) is 214 Å². The fraction of sp³-hybridized carbons (Fsp3) is 0.596. The predicted octanol–water partition coefficient (Wildman–Crippen LogP) is 15.1. The summed E-state index contributed by atoms with van der Waals surface area (Å²) in [5, 5.41) is 49.5. The number of nitriles is 4. The molecule has 24 nitrogen and oxygen atoms in total. The monoisotopic (exact) mass is 1550 g/mol. The zero-order valence-electron chi connectivity index (χ0n) is 69.4. The van der Waals surface area contributed by atoms with Crippen LogP contribution in [0.15, 0.2) is 121 Å². The summed E-state index contributed by atoms with van der Waals surface area (Å²) >= 11 is 0. The highest BCUT2D eigenvalue weighted by atomic mass is 16.6. The van der Waals surface area contributed by atoms with E-state index in [0.29, 0.717) is 123 Å². The smallest absolute Gasteiger partial charge is 0.408 e. The van der Waals surface area contributed by atoms with Gasteiger partial charge in [0.15, 0.2) is 0 Å². The lowest BCUT2D eigenvalue weighted by Crippen LogP contribution is -2.47. The molecule has 0 aliphatic carbocycles. The van der Waals surface area contributed by atoms with Crippen molar-refractivity contribution in [3.05, 3.63) is 144 Å². The number of unbranched alkanes of at least 4 members (excludes halogenated alkanes) is 2. The highest BCUT2D eigenvalue weighted by Crippen LogP contribution is 2.39. The molecule has 0 unspecified atom stereocenters. The Morgan fingerprint density at radius 2 is 0.575 bits per heavy atom. The Bertz CT molecular complexity index is 3790. The van der Waals surface area contributed by atoms with Crippen LogP contribution < -0.4 is 21.3 Å². The van der Waals surface area contributed by atoms with Gasteiger partial charge in [-0.3, -0.25) is 19.2 Å². The van der Waals surface area contributed by atoms with Gasteiger partial charge < -0.3 is 59.8 Å². The second kappa shape index (κ2) is 45.5. The van der Waals surface area contributed by atoms with Gasteiger partial charge in [0.25, 0.3) is 0 Å². The maximum absolute atomic E-state index is 12.5. The summed E-state index contributed by atoms with van der Waals surface area (Å²) in [6, 6.07) is 50.6. The number of hydrogen-bond acceptors (Lipinski definition) is 16. The number of carbonyl (C=O) groups is 8. The van der Waals surface area contributed by atoms with Crippen molar-refractivity contribution in [2.24, 2.45) is 21.7 Å². The molecule has 0 atom stereocenters. The summed E-state index contributed by atoms with van der Waals surface area (Å²) in [7, 11) is 0. The van der Waals surface area contributed by atoms with E-state index < -0.39 is 52.2 Å². The number of nitrogens with zero attached hydrogens (tertiary/aromatic N) is 8. The number of nitrogens with one attached hydrogen (secondary N) is 4. The first-order valence-corrected chi connectivity index (χ1v) is 40.2. The molecule has 4 N–H and O–H groups in total. The fourth-order valence-electron chi connectivity index (χ4n) is 13.7. The molecule has 614 valence electrons. The van der Waals surface area contributed by atoms with E-state index in [1.165, 1.54) is 16.7 Å². The van der Waals surface area contributed by atoms with E-state index in [4.69, 9.17) is 18.9 Å². The fourth-order valence-corrected chi connectivity index (χ4v) is 13.7. The summed E-state index contributed by atoms with van der Waals surface area (Å²) in [6.45, 7) is 27.6. The van der Waals surface area contributed by atoms with E-state index in [-0.39, 0.29) is 59.4 Å². The van der Waals surface area contributed by atoms with E-state index in [1.54, 1.807) is 51.3 Å². The molecule has 0 aromatic heterocycles.